The fourth-order valence-corrected chi connectivity index (χ4v) is 1.25. The molecule has 0 spiro atoms. The van der Waals surface area contributed by atoms with Crippen molar-refractivity contribution < 1.29 is 19.4 Å². The predicted octanol–water partition coefficient (Wildman–Crippen LogP) is 0.812. The maximum absolute atomic E-state index is 8.63. The SMILES string of the molecule is OCCc1ccc(OP(O)O)cc1. The van der Waals surface area contributed by atoms with Crippen molar-refractivity contribution in [2.75, 3.05) is 6.61 Å². The minimum absolute atomic E-state index is 0.104. The first-order valence-corrected chi connectivity index (χ1v) is 4.94. The first-order chi connectivity index (χ1) is 6.22. The standard InChI is InChI=1S/C8H11O4P/c9-6-5-7-1-3-8(4-2-7)12-13(10)11/h1-4,9-11H,5-6H2. The second-order valence-electron chi connectivity index (χ2n) is 2.46. The Morgan fingerprint density at radius 2 is 1.77 bits per heavy atom. The highest BCUT2D eigenvalue weighted by atomic mass is 31.2. The summed E-state index contributed by atoms with van der Waals surface area (Å²) in [6.45, 7) is 0.104. The molecular weight excluding hydrogens is 191 g/mol. The highest BCUT2D eigenvalue weighted by Gasteiger charge is 2.01. The molecule has 0 atom stereocenters. The molecule has 13 heavy (non-hydrogen) atoms. The summed E-state index contributed by atoms with van der Waals surface area (Å²) in [6.07, 6.45) is 0.591. The van der Waals surface area contributed by atoms with E-state index in [4.69, 9.17) is 14.9 Å². The van der Waals surface area contributed by atoms with E-state index in [1.165, 1.54) is 0 Å². The predicted molar refractivity (Wildman–Crippen MR) is 49.2 cm³/mol. The molecule has 0 radical (unpaired) electrons. The lowest BCUT2D eigenvalue weighted by Crippen LogP contribution is -1.90. The molecule has 0 saturated carbocycles. The highest BCUT2D eigenvalue weighted by Crippen LogP contribution is 2.28. The van der Waals surface area contributed by atoms with Crippen molar-refractivity contribution in [3.63, 3.8) is 0 Å². The van der Waals surface area contributed by atoms with E-state index in [-0.39, 0.29) is 6.61 Å². The zero-order valence-corrected chi connectivity index (χ0v) is 7.82. The Morgan fingerprint density at radius 1 is 1.15 bits per heavy atom. The van der Waals surface area contributed by atoms with Gasteiger partial charge in [0.15, 0.2) is 0 Å². The van der Waals surface area contributed by atoms with Crippen LogP contribution < -0.4 is 4.52 Å². The number of aliphatic hydroxyl groups is 1. The minimum Gasteiger partial charge on any atom is -0.427 e. The molecule has 1 aromatic rings. The van der Waals surface area contributed by atoms with Crippen molar-refractivity contribution in [1.29, 1.82) is 0 Å². The van der Waals surface area contributed by atoms with Crippen LogP contribution in [0.1, 0.15) is 5.56 Å². The average Bonchev–Trinajstić information content (AvgIpc) is 2.08. The van der Waals surface area contributed by atoms with Crippen LogP contribution in [0.2, 0.25) is 0 Å². The molecule has 0 aliphatic carbocycles. The first kappa shape index (κ1) is 10.4. The normalized spacial score (nSPS) is 10.5. The largest absolute Gasteiger partial charge is 0.427 e. The molecule has 4 nitrogen and oxygen atoms in total. The second-order valence-corrected chi connectivity index (χ2v) is 3.15. The summed E-state index contributed by atoms with van der Waals surface area (Å²) in [7, 11) is -2.34. The van der Waals surface area contributed by atoms with E-state index in [1.807, 2.05) is 0 Å². The quantitative estimate of drug-likeness (QED) is 0.632. The van der Waals surface area contributed by atoms with E-state index in [1.54, 1.807) is 24.3 Å². The van der Waals surface area contributed by atoms with Gasteiger partial charge in [-0.2, -0.15) is 0 Å². The number of aliphatic hydroxyl groups excluding tert-OH is 1. The molecular formula is C8H11O4P. The van der Waals surface area contributed by atoms with Crippen molar-refractivity contribution in [2.24, 2.45) is 0 Å². The fraction of sp³-hybridized carbons (Fsp3) is 0.250. The molecule has 0 unspecified atom stereocenters. The summed E-state index contributed by atoms with van der Waals surface area (Å²) in [4.78, 5) is 17.1. The van der Waals surface area contributed by atoms with Gasteiger partial charge >= 0.3 is 8.60 Å². The fourth-order valence-electron chi connectivity index (χ4n) is 0.940. The number of hydrogen-bond acceptors (Lipinski definition) is 4. The van der Waals surface area contributed by atoms with E-state index < -0.39 is 8.60 Å². The highest BCUT2D eigenvalue weighted by molar-refractivity contribution is 7.39. The van der Waals surface area contributed by atoms with Crippen LogP contribution in [0.5, 0.6) is 5.75 Å². The van der Waals surface area contributed by atoms with Crippen molar-refractivity contribution >= 4 is 8.60 Å². The van der Waals surface area contributed by atoms with Crippen molar-refractivity contribution in [3.05, 3.63) is 29.8 Å². The molecule has 0 bridgehead atoms. The van der Waals surface area contributed by atoms with Gasteiger partial charge in [-0.3, -0.25) is 0 Å². The molecule has 0 aromatic heterocycles. The van der Waals surface area contributed by atoms with Gasteiger partial charge in [-0.05, 0) is 24.1 Å². The van der Waals surface area contributed by atoms with E-state index in [0.717, 1.165) is 5.56 Å². The lowest BCUT2D eigenvalue weighted by atomic mass is 10.2. The zero-order valence-electron chi connectivity index (χ0n) is 6.92. The molecule has 1 aromatic carbocycles. The van der Waals surface area contributed by atoms with Gasteiger partial charge in [-0.15, -0.1) is 0 Å². The first-order valence-electron chi connectivity index (χ1n) is 3.78. The molecule has 0 amide bonds. The van der Waals surface area contributed by atoms with Gasteiger partial charge in [0, 0.05) is 6.61 Å². The van der Waals surface area contributed by atoms with Crippen LogP contribution in [0.4, 0.5) is 0 Å². The van der Waals surface area contributed by atoms with Gasteiger partial charge in [0.25, 0.3) is 0 Å². The Morgan fingerprint density at radius 3 is 2.23 bits per heavy atom. The minimum atomic E-state index is -2.34. The number of hydrogen-bond donors (Lipinski definition) is 3. The number of rotatable bonds is 4. The topological polar surface area (TPSA) is 69.9 Å². The van der Waals surface area contributed by atoms with Crippen molar-refractivity contribution in [1.82, 2.24) is 0 Å². The third-order valence-corrected chi connectivity index (χ3v) is 1.89. The maximum atomic E-state index is 8.63. The molecule has 0 heterocycles. The van der Waals surface area contributed by atoms with Crippen LogP contribution in [0.3, 0.4) is 0 Å². The zero-order chi connectivity index (χ0) is 9.68. The van der Waals surface area contributed by atoms with E-state index in [0.29, 0.717) is 12.2 Å². The summed E-state index contributed by atoms with van der Waals surface area (Å²) in [6, 6.07) is 6.80. The van der Waals surface area contributed by atoms with E-state index in [9.17, 15) is 0 Å². The summed E-state index contributed by atoms with van der Waals surface area (Å²) in [5.41, 5.74) is 0.982. The number of benzene rings is 1. The van der Waals surface area contributed by atoms with Gasteiger partial charge in [-0.25, -0.2) is 0 Å². The van der Waals surface area contributed by atoms with Gasteiger partial charge < -0.3 is 19.4 Å². The average molecular weight is 202 g/mol. The molecule has 0 aliphatic rings. The molecule has 0 aliphatic heterocycles. The Kier molecular flexibility index (Phi) is 4.12. The third kappa shape index (κ3) is 3.70. The summed E-state index contributed by atoms with van der Waals surface area (Å²) >= 11 is 0. The van der Waals surface area contributed by atoms with E-state index >= 15 is 0 Å². The third-order valence-electron chi connectivity index (χ3n) is 1.51. The summed E-state index contributed by atoms with van der Waals surface area (Å²) < 4.78 is 4.66. The lowest BCUT2D eigenvalue weighted by Gasteiger charge is -2.05. The Balaban J connectivity index is 2.59. The Hall–Kier alpha value is -0.670. The lowest BCUT2D eigenvalue weighted by molar-refractivity contribution is 0.299. The summed E-state index contributed by atoms with van der Waals surface area (Å²) in [5.74, 6) is 0.415. The van der Waals surface area contributed by atoms with Crippen LogP contribution in [-0.2, 0) is 6.42 Å². The van der Waals surface area contributed by atoms with Crippen LogP contribution in [0.15, 0.2) is 24.3 Å². The van der Waals surface area contributed by atoms with Gasteiger partial charge in [0.1, 0.15) is 5.75 Å². The molecule has 3 N–H and O–H groups in total. The molecule has 5 heteroatoms. The second kappa shape index (κ2) is 5.14. The smallest absolute Gasteiger partial charge is 0.391 e. The Bertz CT molecular complexity index is 247. The van der Waals surface area contributed by atoms with Crippen molar-refractivity contribution in [2.45, 2.75) is 6.42 Å². The van der Waals surface area contributed by atoms with Crippen LogP contribution in [-0.4, -0.2) is 21.5 Å². The maximum Gasteiger partial charge on any atom is 0.391 e. The van der Waals surface area contributed by atoms with Crippen LogP contribution in [0, 0.1) is 0 Å². The monoisotopic (exact) mass is 202 g/mol. The Labute approximate surface area is 77.4 Å². The van der Waals surface area contributed by atoms with Crippen LogP contribution >= 0.6 is 8.60 Å². The molecule has 72 valence electrons. The molecule has 1 rings (SSSR count). The van der Waals surface area contributed by atoms with E-state index in [2.05, 4.69) is 4.52 Å². The van der Waals surface area contributed by atoms with Gasteiger partial charge in [0.05, 0.1) is 0 Å². The van der Waals surface area contributed by atoms with Gasteiger partial charge in [-0.1, -0.05) is 12.1 Å². The molecule has 0 saturated heterocycles. The van der Waals surface area contributed by atoms with Gasteiger partial charge in [0.2, 0.25) is 0 Å². The van der Waals surface area contributed by atoms with Crippen LogP contribution in [0.25, 0.3) is 0 Å². The molecule has 0 fully saturated rings. The summed E-state index contributed by atoms with van der Waals surface area (Å²) in [5, 5.41) is 8.63. The van der Waals surface area contributed by atoms with Crippen molar-refractivity contribution in [3.8, 4) is 5.75 Å².